The molecule has 0 bridgehead atoms. The van der Waals surface area contributed by atoms with Crippen LogP contribution in [0.4, 0.5) is 0 Å². The lowest BCUT2D eigenvalue weighted by molar-refractivity contribution is -0.129. The van der Waals surface area contributed by atoms with Gasteiger partial charge in [-0.2, -0.15) is 0 Å². The van der Waals surface area contributed by atoms with Crippen molar-refractivity contribution in [2.24, 2.45) is 0 Å². The van der Waals surface area contributed by atoms with Gasteiger partial charge in [-0.15, -0.1) is 0 Å². The molecule has 0 spiro atoms. The van der Waals surface area contributed by atoms with Crippen LogP contribution in [-0.4, -0.2) is 28.7 Å². The highest BCUT2D eigenvalue weighted by molar-refractivity contribution is 5.95. The van der Waals surface area contributed by atoms with Crippen LogP contribution in [0.3, 0.4) is 0 Å². The molecule has 5 N–H and O–H groups in total. The number of nitrogens with one attached hydrogen (secondary N) is 3. The molecule has 0 radical (unpaired) electrons. The second-order valence-corrected chi connectivity index (χ2v) is 6.71. The van der Waals surface area contributed by atoms with Gasteiger partial charge in [-0.25, -0.2) is 5.48 Å². The smallest absolute Gasteiger partial charge is 0.257 e. The Bertz CT molecular complexity index is 1010. The molecule has 7 heteroatoms. The topological polar surface area (TPSA) is 111 Å². The van der Waals surface area contributed by atoms with E-state index in [4.69, 9.17) is 5.21 Å². The summed E-state index contributed by atoms with van der Waals surface area (Å²) in [6, 6.07) is 18.8. The predicted octanol–water partition coefficient (Wildman–Crippen LogP) is 2.56. The number of hydrogen-bond acceptors (Lipinski definition) is 5. The third kappa shape index (κ3) is 4.71. The van der Waals surface area contributed by atoms with Crippen molar-refractivity contribution in [1.82, 2.24) is 16.1 Å². The first-order chi connectivity index (χ1) is 14.0. The van der Waals surface area contributed by atoms with Crippen molar-refractivity contribution in [1.29, 1.82) is 0 Å². The van der Waals surface area contributed by atoms with E-state index in [0.29, 0.717) is 10.9 Å². The lowest BCUT2D eigenvalue weighted by atomic mass is 9.96. The monoisotopic (exact) mass is 393 g/mol. The Hall–Kier alpha value is -3.42. The second kappa shape index (κ2) is 9.18. The van der Waals surface area contributed by atoms with Gasteiger partial charge in [0.1, 0.15) is 11.8 Å². The summed E-state index contributed by atoms with van der Waals surface area (Å²) in [4.78, 5) is 24.7. The van der Waals surface area contributed by atoms with Crippen molar-refractivity contribution in [3.63, 3.8) is 0 Å². The van der Waals surface area contributed by atoms with Crippen LogP contribution < -0.4 is 16.1 Å². The molecule has 0 aliphatic rings. The molecule has 0 aromatic heterocycles. The first kappa shape index (κ1) is 20.3. The molecule has 7 nitrogen and oxygen atoms in total. The van der Waals surface area contributed by atoms with Crippen molar-refractivity contribution < 1.29 is 19.9 Å². The van der Waals surface area contributed by atoms with Gasteiger partial charge in [0.25, 0.3) is 5.91 Å². The molecule has 150 valence electrons. The zero-order valence-electron chi connectivity index (χ0n) is 15.9. The summed E-state index contributed by atoms with van der Waals surface area (Å²) in [5.41, 5.74) is 2.83. The van der Waals surface area contributed by atoms with Crippen LogP contribution in [0.5, 0.6) is 5.75 Å². The molecule has 0 fully saturated rings. The van der Waals surface area contributed by atoms with Gasteiger partial charge >= 0.3 is 0 Å². The Morgan fingerprint density at radius 2 is 1.66 bits per heavy atom. The highest BCUT2D eigenvalue weighted by Crippen LogP contribution is 2.33. The Balaban J connectivity index is 1.96. The van der Waals surface area contributed by atoms with E-state index in [9.17, 15) is 14.7 Å². The van der Waals surface area contributed by atoms with E-state index in [0.717, 1.165) is 10.9 Å². The van der Waals surface area contributed by atoms with Crippen LogP contribution in [0.1, 0.15) is 30.1 Å². The van der Waals surface area contributed by atoms with Gasteiger partial charge in [-0.3, -0.25) is 20.1 Å². The number of aromatic hydroxyl groups is 1. The third-order valence-corrected chi connectivity index (χ3v) is 4.75. The van der Waals surface area contributed by atoms with Gasteiger partial charge in [-0.05, 0) is 29.3 Å². The Morgan fingerprint density at radius 1 is 0.966 bits per heavy atom. The average Bonchev–Trinajstić information content (AvgIpc) is 2.75. The first-order valence-corrected chi connectivity index (χ1v) is 9.23. The first-order valence-electron chi connectivity index (χ1n) is 9.23. The van der Waals surface area contributed by atoms with Gasteiger partial charge in [-0.1, -0.05) is 60.7 Å². The minimum Gasteiger partial charge on any atom is -0.508 e. The van der Waals surface area contributed by atoms with Gasteiger partial charge < -0.3 is 10.4 Å². The highest BCUT2D eigenvalue weighted by Gasteiger charge is 2.27. The van der Waals surface area contributed by atoms with Crippen molar-refractivity contribution in [2.75, 3.05) is 6.54 Å². The number of carbonyl (C=O) groups is 2. The SMILES string of the molecule is CC(NC(=O)C(NCC(=O)NO)c1c(O)ccc2ccccc12)c1ccccc1. The summed E-state index contributed by atoms with van der Waals surface area (Å²) >= 11 is 0. The van der Waals surface area contributed by atoms with Crippen LogP contribution in [0, 0.1) is 0 Å². The Labute approximate surface area is 168 Å². The van der Waals surface area contributed by atoms with E-state index in [1.807, 2.05) is 55.5 Å². The van der Waals surface area contributed by atoms with E-state index in [2.05, 4.69) is 10.6 Å². The molecular weight excluding hydrogens is 370 g/mol. The second-order valence-electron chi connectivity index (χ2n) is 6.71. The van der Waals surface area contributed by atoms with Crippen LogP contribution >= 0.6 is 0 Å². The maximum atomic E-state index is 13.1. The maximum Gasteiger partial charge on any atom is 0.257 e. The molecule has 2 amide bonds. The fourth-order valence-electron chi connectivity index (χ4n) is 3.27. The molecule has 0 saturated carbocycles. The van der Waals surface area contributed by atoms with Crippen LogP contribution in [0.15, 0.2) is 66.7 Å². The molecular formula is C22H23N3O4. The average molecular weight is 393 g/mol. The maximum absolute atomic E-state index is 13.1. The molecule has 0 aliphatic heterocycles. The Morgan fingerprint density at radius 3 is 2.38 bits per heavy atom. The van der Waals surface area contributed by atoms with Crippen molar-refractivity contribution >= 4 is 22.6 Å². The summed E-state index contributed by atoms with van der Waals surface area (Å²) < 4.78 is 0. The zero-order chi connectivity index (χ0) is 20.8. The number of hydroxylamine groups is 1. The van der Waals surface area contributed by atoms with Crippen LogP contribution in [0.25, 0.3) is 10.8 Å². The van der Waals surface area contributed by atoms with Crippen molar-refractivity contribution in [3.8, 4) is 5.75 Å². The summed E-state index contributed by atoms with van der Waals surface area (Å²) in [6.07, 6.45) is 0. The third-order valence-electron chi connectivity index (χ3n) is 4.75. The largest absolute Gasteiger partial charge is 0.508 e. The summed E-state index contributed by atoms with van der Waals surface area (Å²) in [6.45, 7) is 1.55. The van der Waals surface area contributed by atoms with E-state index in [1.165, 1.54) is 11.5 Å². The molecule has 3 aromatic carbocycles. The molecule has 0 saturated heterocycles. The number of rotatable bonds is 7. The normalized spacial score (nSPS) is 12.9. The minimum atomic E-state index is -1.01. The van der Waals surface area contributed by atoms with Gasteiger partial charge in [0.2, 0.25) is 5.91 Å². The highest BCUT2D eigenvalue weighted by atomic mass is 16.5. The van der Waals surface area contributed by atoms with Gasteiger partial charge in [0.15, 0.2) is 0 Å². The number of carbonyl (C=O) groups excluding carboxylic acids is 2. The summed E-state index contributed by atoms with van der Waals surface area (Å²) in [7, 11) is 0. The molecule has 0 heterocycles. The fraction of sp³-hybridized carbons (Fsp3) is 0.182. The predicted molar refractivity (Wildman–Crippen MR) is 109 cm³/mol. The van der Waals surface area contributed by atoms with Gasteiger partial charge in [0.05, 0.1) is 12.6 Å². The van der Waals surface area contributed by atoms with Crippen molar-refractivity contribution in [2.45, 2.75) is 19.0 Å². The number of benzene rings is 3. The number of hydrogen-bond donors (Lipinski definition) is 5. The number of amides is 2. The lowest BCUT2D eigenvalue weighted by Crippen LogP contribution is -2.42. The van der Waals surface area contributed by atoms with Gasteiger partial charge in [0, 0.05) is 5.56 Å². The molecule has 0 aliphatic carbocycles. The molecule has 3 aromatic rings. The zero-order valence-corrected chi connectivity index (χ0v) is 15.9. The Kier molecular flexibility index (Phi) is 6.43. The minimum absolute atomic E-state index is 0.0619. The van der Waals surface area contributed by atoms with E-state index < -0.39 is 17.9 Å². The fourth-order valence-corrected chi connectivity index (χ4v) is 3.27. The molecule has 3 rings (SSSR count). The number of fused-ring (bicyclic) bond motifs is 1. The van der Waals surface area contributed by atoms with Crippen LogP contribution in [-0.2, 0) is 9.59 Å². The van der Waals surface area contributed by atoms with E-state index >= 15 is 0 Å². The molecule has 2 atom stereocenters. The van der Waals surface area contributed by atoms with E-state index in [1.54, 1.807) is 12.1 Å². The lowest BCUT2D eigenvalue weighted by Gasteiger charge is -2.23. The molecule has 2 unspecified atom stereocenters. The number of phenolic OH excluding ortho intramolecular Hbond substituents is 1. The molecule has 29 heavy (non-hydrogen) atoms. The van der Waals surface area contributed by atoms with Crippen molar-refractivity contribution in [3.05, 3.63) is 77.9 Å². The standard InChI is InChI=1S/C22H23N3O4/c1-14(15-7-3-2-4-8-15)24-22(28)21(23-13-19(27)25-29)20-17-10-6-5-9-16(17)11-12-18(20)26/h2-12,14,21,23,26,29H,13H2,1H3,(H,24,28)(H,25,27). The summed E-state index contributed by atoms with van der Waals surface area (Å²) in [5, 5.41) is 26.6. The quantitative estimate of drug-likeness (QED) is 0.313. The van der Waals surface area contributed by atoms with Crippen LogP contribution in [0.2, 0.25) is 0 Å². The summed E-state index contributed by atoms with van der Waals surface area (Å²) in [5.74, 6) is -1.16. The number of phenols is 1. The van der Waals surface area contributed by atoms with E-state index in [-0.39, 0.29) is 18.3 Å².